The molecule has 0 heterocycles. The lowest BCUT2D eigenvalue weighted by molar-refractivity contribution is 0.0998. The van der Waals surface area contributed by atoms with Crippen LogP contribution < -0.4 is 15.8 Å². The largest absolute Gasteiger partial charge is 0.366 e. The number of hydrogen-bond acceptors (Lipinski definition) is 4. The average Bonchev–Trinajstić information content (AvgIpc) is 2.79. The van der Waals surface area contributed by atoms with Crippen LogP contribution in [0.15, 0.2) is 71.6 Å². The molecule has 0 aliphatic carbocycles. The molecule has 7 nitrogen and oxygen atoms in total. The average molecular weight is 466 g/mol. The number of aryl methyl sites for hydroxylation is 2. The summed E-state index contributed by atoms with van der Waals surface area (Å²) in [5, 5.41) is 2.71. The Labute approximate surface area is 194 Å². The number of primary amides is 1. The molecule has 8 heteroatoms. The lowest BCUT2D eigenvalue weighted by atomic mass is 10.1. The standard InChI is InChI=1S/C25H27N3O4S/c1-3-4-5-18-7-11-21(12-8-18)28-33(31,32)22-15-6-17(2)23(16-22)25(30)27-20-13-9-19(10-14-20)24(26)29/h6-16,28H,3-5H2,1-2H3,(H2,26,29)(H,27,30). The van der Waals surface area contributed by atoms with Gasteiger partial charge in [-0.25, -0.2) is 8.42 Å². The van der Waals surface area contributed by atoms with Crippen molar-refractivity contribution in [3.05, 3.63) is 89.0 Å². The van der Waals surface area contributed by atoms with E-state index in [4.69, 9.17) is 5.73 Å². The Morgan fingerprint density at radius 3 is 2.15 bits per heavy atom. The second-order valence-corrected chi connectivity index (χ2v) is 9.46. The molecule has 3 aromatic carbocycles. The van der Waals surface area contributed by atoms with Gasteiger partial charge in [0.15, 0.2) is 0 Å². The minimum Gasteiger partial charge on any atom is -0.366 e. The fraction of sp³-hybridized carbons (Fsp3) is 0.200. The van der Waals surface area contributed by atoms with Gasteiger partial charge in [-0.3, -0.25) is 14.3 Å². The van der Waals surface area contributed by atoms with Gasteiger partial charge in [-0.1, -0.05) is 31.5 Å². The van der Waals surface area contributed by atoms with Crippen LogP contribution in [-0.4, -0.2) is 20.2 Å². The number of unbranched alkanes of at least 4 members (excludes halogenated alkanes) is 1. The lowest BCUT2D eigenvalue weighted by Gasteiger charge is -2.12. The van der Waals surface area contributed by atoms with E-state index in [0.29, 0.717) is 22.5 Å². The second kappa shape index (κ2) is 10.3. The third-order valence-electron chi connectivity index (χ3n) is 5.22. The quantitative estimate of drug-likeness (QED) is 0.431. The first kappa shape index (κ1) is 24.0. The van der Waals surface area contributed by atoms with E-state index in [1.807, 2.05) is 12.1 Å². The molecule has 172 valence electrons. The van der Waals surface area contributed by atoms with Crippen molar-refractivity contribution < 1.29 is 18.0 Å². The van der Waals surface area contributed by atoms with E-state index in [1.165, 1.54) is 24.3 Å². The molecule has 0 aliphatic rings. The number of rotatable bonds is 9. The van der Waals surface area contributed by atoms with Crippen molar-refractivity contribution in [3.63, 3.8) is 0 Å². The highest BCUT2D eigenvalue weighted by Crippen LogP contribution is 2.21. The summed E-state index contributed by atoms with van der Waals surface area (Å²) in [6, 6.07) is 17.8. The Morgan fingerprint density at radius 2 is 1.55 bits per heavy atom. The van der Waals surface area contributed by atoms with Crippen LogP contribution in [0.3, 0.4) is 0 Å². The normalized spacial score (nSPS) is 11.1. The van der Waals surface area contributed by atoms with Crippen molar-refractivity contribution in [1.82, 2.24) is 0 Å². The number of carbonyl (C=O) groups is 2. The zero-order valence-electron chi connectivity index (χ0n) is 18.6. The summed E-state index contributed by atoms with van der Waals surface area (Å²) in [7, 11) is -3.89. The molecular weight excluding hydrogens is 438 g/mol. The number of amides is 2. The number of sulfonamides is 1. The van der Waals surface area contributed by atoms with Gasteiger partial charge < -0.3 is 11.1 Å². The summed E-state index contributed by atoms with van der Waals surface area (Å²) < 4.78 is 28.4. The van der Waals surface area contributed by atoms with Gasteiger partial charge in [0.1, 0.15) is 0 Å². The summed E-state index contributed by atoms with van der Waals surface area (Å²) in [4.78, 5) is 24.0. The van der Waals surface area contributed by atoms with Crippen LogP contribution in [0, 0.1) is 6.92 Å². The first-order valence-corrected chi connectivity index (χ1v) is 12.1. The molecule has 0 atom stereocenters. The van der Waals surface area contributed by atoms with Gasteiger partial charge in [-0.05, 0) is 79.4 Å². The van der Waals surface area contributed by atoms with Crippen molar-refractivity contribution in [2.24, 2.45) is 5.73 Å². The Kier molecular flexibility index (Phi) is 7.50. The first-order valence-electron chi connectivity index (χ1n) is 10.6. The Hall–Kier alpha value is -3.65. The Bertz CT molecular complexity index is 1250. The van der Waals surface area contributed by atoms with E-state index >= 15 is 0 Å². The molecule has 0 aromatic heterocycles. The summed E-state index contributed by atoms with van der Waals surface area (Å²) in [5.74, 6) is -1.03. The van der Waals surface area contributed by atoms with E-state index in [-0.39, 0.29) is 10.5 Å². The third kappa shape index (κ3) is 6.20. The minimum atomic E-state index is -3.89. The van der Waals surface area contributed by atoms with Gasteiger partial charge in [0.2, 0.25) is 5.91 Å². The zero-order chi connectivity index (χ0) is 24.0. The maximum atomic E-state index is 12.9. The second-order valence-electron chi connectivity index (χ2n) is 7.78. The number of carbonyl (C=O) groups excluding carboxylic acids is 2. The highest BCUT2D eigenvalue weighted by atomic mass is 32.2. The van der Waals surface area contributed by atoms with Gasteiger partial charge >= 0.3 is 0 Å². The number of anilines is 2. The predicted octanol–water partition coefficient (Wildman–Crippen LogP) is 4.49. The molecule has 0 aliphatic heterocycles. The van der Waals surface area contributed by atoms with Gasteiger partial charge in [-0.2, -0.15) is 0 Å². The first-order chi connectivity index (χ1) is 15.7. The van der Waals surface area contributed by atoms with Crippen molar-refractivity contribution in [3.8, 4) is 0 Å². The third-order valence-corrected chi connectivity index (χ3v) is 6.60. The van der Waals surface area contributed by atoms with Crippen molar-refractivity contribution in [2.45, 2.75) is 38.0 Å². The molecule has 0 radical (unpaired) electrons. The lowest BCUT2D eigenvalue weighted by Crippen LogP contribution is -2.17. The fourth-order valence-corrected chi connectivity index (χ4v) is 4.35. The van der Waals surface area contributed by atoms with E-state index in [0.717, 1.165) is 24.8 Å². The molecule has 3 aromatic rings. The van der Waals surface area contributed by atoms with E-state index in [2.05, 4.69) is 17.0 Å². The Morgan fingerprint density at radius 1 is 0.909 bits per heavy atom. The molecule has 0 saturated carbocycles. The molecule has 0 spiro atoms. The molecule has 0 saturated heterocycles. The van der Waals surface area contributed by atoms with Crippen LogP contribution in [0.2, 0.25) is 0 Å². The van der Waals surface area contributed by atoms with Gasteiger partial charge in [-0.15, -0.1) is 0 Å². The van der Waals surface area contributed by atoms with Crippen molar-refractivity contribution in [1.29, 1.82) is 0 Å². The van der Waals surface area contributed by atoms with Crippen LogP contribution in [0.1, 0.15) is 51.6 Å². The van der Waals surface area contributed by atoms with Crippen LogP contribution in [0.5, 0.6) is 0 Å². The summed E-state index contributed by atoms with van der Waals surface area (Å²) in [6.07, 6.45) is 3.12. The topological polar surface area (TPSA) is 118 Å². The van der Waals surface area contributed by atoms with Crippen LogP contribution in [-0.2, 0) is 16.4 Å². The van der Waals surface area contributed by atoms with Gasteiger partial charge in [0.25, 0.3) is 15.9 Å². The van der Waals surface area contributed by atoms with E-state index < -0.39 is 21.8 Å². The van der Waals surface area contributed by atoms with Crippen LogP contribution in [0.25, 0.3) is 0 Å². The minimum absolute atomic E-state index is 0.0163. The molecule has 0 fully saturated rings. The fourth-order valence-electron chi connectivity index (χ4n) is 3.26. The predicted molar refractivity (Wildman–Crippen MR) is 130 cm³/mol. The summed E-state index contributed by atoms with van der Waals surface area (Å²) in [6.45, 7) is 3.85. The number of benzene rings is 3. The van der Waals surface area contributed by atoms with Gasteiger partial charge in [0, 0.05) is 22.5 Å². The maximum absolute atomic E-state index is 12.9. The smallest absolute Gasteiger partial charge is 0.261 e. The molecule has 2 amide bonds. The number of nitrogens with two attached hydrogens (primary N) is 1. The van der Waals surface area contributed by atoms with E-state index in [9.17, 15) is 18.0 Å². The number of hydrogen-bond donors (Lipinski definition) is 3. The van der Waals surface area contributed by atoms with E-state index in [1.54, 1.807) is 37.3 Å². The molecule has 0 bridgehead atoms. The molecule has 3 rings (SSSR count). The molecule has 33 heavy (non-hydrogen) atoms. The van der Waals surface area contributed by atoms with Crippen molar-refractivity contribution >= 4 is 33.2 Å². The van der Waals surface area contributed by atoms with Crippen molar-refractivity contribution in [2.75, 3.05) is 10.0 Å². The zero-order valence-corrected chi connectivity index (χ0v) is 19.4. The maximum Gasteiger partial charge on any atom is 0.261 e. The van der Waals surface area contributed by atoms with Crippen LogP contribution in [0.4, 0.5) is 11.4 Å². The number of nitrogens with one attached hydrogen (secondary N) is 2. The molecular formula is C25H27N3O4S. The highest BCUT2D eigenvalue weighted by molar-refractivity contribution is 7.92. The monoisotopic (exact) mass is 465 g/mol. The molecule has 4 N–H and O–H groups in total. The SMILES string of the molecule is CCCCc1ccc(NS(=O)(=O)c2ccc(C)c(C(=O)Nc3ccc(C(N)=O)cc3)c2)cc1. The van der Waals surface area contributed by atoms with Crippen LogP contribution >= 0.6 is 0 Å². The molecule has 0 unspecified atom stereocenters. The Balaban J connectivity index is 1.77. The summed E-state index contributed by atoms with van der Waals surface area (Å²) >= 11 is 0. The van der Waals surface area contributed by atoms with Gasteiger partial charge in [0.05, 0.1) is 4.90 Å². The summed E-state index contributed by atoms with van der Waals surface area (Å²) in [5.41, 5.74) is 8.46. The highest BCUT2D eigenvalue weighted by Gasteiger charge is 2.18.